The molecule has 0 amide bonds. The fourth-order valence-electron chi connectivity index (χ4n) is 1.84. The van der Waals surface area contributed by atoms with Crippen LogP contribution in [-0.4, -0.2) is 32.6 Å². The summed E-state index contributed by atoms with van der Waals surface area (Å²) in [5.74, 6) is -1.60. The van der Waals surface area contributed by atoms with E-state index in [2.05, 4.69) is 15.2 Å². The normalized spacial score (nSPS) is 12.7. The predicted octanol–water partition coefficient (Wildman–Crippen LogP) is 3.56. The topological polar surface area (TPSA) is 128 Å². The van der Waals surface area contributed by atoms with Crippen LogP contribution in [0.2, 0.25) is 0 Å². The lowest BCUT2D eigenvalue weighted by Gasteiger charge is -2.36. The molecule has 0 fully saturated rings. The fourth-order valence-corrected chi connectivity index (χ4v) is 2.72. The highest BCUT2D eigenvalue weighted by molar-refractivity contribution is 7.86. The zero-order valence-corrected chi connectivity index (χ0v) is 17.7. The van der Waals surface area contributed by atoms with E-state index in [1.807, 2.05) is 0 Å². The Hall–Kier alpha value is -2.34. The van der Waals surface area contributed by atoms with E-state index < -0.39 is 33.8 Å². The lowest BCUT2D eigenvalue weighted by molar-refractivity contribution is -0.130. The second-order valence-corrected chi connectivity index (χ2v) is 8.18. The molecule has 1 aromatic heterocycles. The first kappa shape index (κ1) is 24.7. The molecule has 1 atom stereocenters. The maximum absolute atomic E-state index is 13.9. The summed E-state index contributed by atoms with van der Waals surface area (Å²) in [5.41, 5.74) is 1.16. The second-order valence-electron chi connectivity index (χ2n) is 7.00. The molecule has 1 aromatic carbocycles. The van der Waals surface area contributed by atoms with Gasteiger partial charge in [0.2, 0.25) is 5.88 Å². The van der Waals surface area contributed by atoms with E-state index >= 15 is 0 Å². The van der Waals surface area contributed by atoms with Crippen LogP contribution < -0.4 is 21.1 Å². The zero-order valence-electron chi connectivity index (χ0n) is 16.9. The van der Waals surface area contributed by atoms with Gasteiger partial charge < -0.3 is 16.0 Å². The molecule has 29 heavy (non-hydrogen) atoms. The van der Waals surface area contributed by atoms with Crippen LogP contribution >= 0.6 is 0 Å². The Labute approximate surface area is 170 Å². The van der Waals surface area contributed by atoms with Crippen molar-refractivity contribution in [1.29, 1.82) is 0 Å². The van der Waals surface area contributed by atoms with Crippen LogP contribution in [-0.2, 0) is 15.8 Å². The molecular formula is C18H26F2N4O4S. The number of benzene rings is 1. The largest absolute Gasteiger partial charge is 0.479 e. The number of hydrogen-bond acceptors (Lipinski definition) is 7. The van der Waals surface area contributed by atoms with Gasteiger partial charge in [-0.1, -0.05) is 0 Å². The van der Waals surface area contributed by atoms with Crippen LogP contribution in [0.1, 0.15) is 27.7 Å². The zero-order chi connectivity index (χ0) is 21.1. The van der Waals surface area contributed by atoms with Crippen LogP contribution in [0.4, 0.5) is 20.2 Å². The average molecular weight is 432 g/mol. The Bertz CT molecular complexity index is 875. The number of aliphatic hydroxyl groups is 1. The molecule has 0 aliphatic carbocycles. The van der Waals surface area contributed by atoms with E-state index in [1.54, 1.807) is 27.7 Å². The SMILES string of the molecule is COc1ncc(NOC(C)(C)C(C)(C)O)cc1NS(=O)c1ccc(F)cc1F.N. The molecule has 0 aliphatic heterocycles. The summed E-state index contributed by atoms with van der Waals surface area (Å²) in [5, 5.41) is 10.1. The van der Waals surface area contributed by atoms with Crippen molar-refractivity contribution in [3.63, 3.8) is 0 Å². The van der Waals surface area contributed by atoms with Crippen molar-refractivity contribution in [2.45, 2.75) is 43.8 Å². The molecule has 2 aromatic rings. The molecule has 162 valence electrons. The molecular weight excluding hydrogens is 406 g/mol. The highest BCUT2D eigenvalue weighted by atomic mass is 32.2. The van der Waals surface area contributed by atoms with Crippen molar-refractivity contribution in [3.05, 3.63) is 42.1 Å². The van der Waals surface area contributed by atoms with Crippen molar-refractivity contribution < 1.29 is 27.7 Å². The van der Waals surface area contributed by atoms with E-state index in [-0.39, 0.29) is 22.6 Å². The Kier molecular flexibility index (Phi) is 8.04. The number of halogens is 2. The summed E-state index contributed by atoms with van der Waals surface area (Å²) in [7, 11) is -0.659. The Morgan fingerprint density at radius 2 is 1.83 bits per heavy atom. The fraction of sp³-hybridized carbons (Fsp3) is 0.389. The highest BCUT2D eigenvalue weighted by Crippen LogP contribution is 2.29. The lowest BCUT2D eigenvalue weighted by atomic mass is 9.90. The summed E-state index contributed by atoms with van der Waals surface area (Å²) < 4.78 is 47.0. The van der Waals surface area contributed by atoms with Crippen LogP contribution in [0.5, 0.6) is 5.88 Å². The molecule has 0 aliphatic rings. The first-order valence-corrected chi connectivity index (χ1v) is 9.43. The minimum absolute atomic E-state index is 0. The quantitative estimate of drug-likeness (QED) is 0.470. The molecule has 8 nitrogen and oxygen atoms in total. The maximum atomic E-state index is 13.9. The molecule has 1 unspecified atom stereocenters. The van der Waals surface area contributed by atoms with E-state index in [4.69, 9.17) is 9.57 Å². The van der Waals surface area contributed by atoms with Gasteiger partial charge in [-0.15, -0.1) is 0 Å². The second kappa shape index (κ2) is 9.44. The van der Waals surface area contributed by atoms with Gasteiger partial charge in [-0.3, -0.25) is 15.0 Å². The van der Waals surface area contributed by atoms with Gasteiger partial charge in [-0.05, 0) is 45.9 Å². The van der Waals surface area contributed by atoms with Gasteiger partial charge >= 0.3 is 0 Å². The van der Waals surface area contributed by atoms with Gasteiger partial charge in [-0.25, -0.2) is 18.0 Å². The van der Waals surface area contributed by atoms with Gasteiger partial charge in [0, 0.05) is 6.07 Å². The number of rotatable bonds is 8. The van der Waals surface area contributed by atoms with Crippen LogP contribution in [0.15, 0.2) is 35.4 Å². The van der Waals surface area contributed by atoms with Gasteiger partial charge in [0.15, 0.2) is 11.0 Å². The third kappa shape index (κ3) is 6.07. The van der Waals surface area contributed by atoms with Crippen molar-refractivity contribution in [2.24, 2.45) is 0 Å². The average Bonchev–Trinajstić information content (AvgIpc) is 2.59. The molecule has 0 radical (unpaired) electrons. The highest BCUT2D eigenvalue weighted by Gasteiger charge is 2.37. The van der Waals surface area contributed by atoms with Gasteiger partial charge in [0.05, 0.1) is 29.5 Å². The van der Waals surface area contributed by atoms with Crippen molar-refractivity contribution >= 4 is 22.4 Å². The summed E-state index contributed by atoms with van der Waals surface area (Å²) in [6.07, 6.45) is 1.41. The Morgan fingerprint density at radius 3 is 2.38 bits per heavy atom. The number of aromatic nitrogens is 1. The van der Waals surface area contributed by atoms with Crippen LogP contribution in [0, 0.1) is 11.6 Å². The van der Waals surface area contributed by atoms with Crippen molar-refractivity contribution in [3.8, 4) is 5.88 Å². The number of nitrogens with one attached hydrogen (secondary N) is 2. The summed E-state index contributed by atoms with van der Waals surface area (Å²) >= 11 is 0. The van der Waals surface area contributed by atoms with Crippen molar-refractivity contribution in [1.82, 2.24) is 11.1 Å². The molecule has 11 heteroatoms. The number of pyridine rings is 1. The molecule has 1 heterocycles. The molecule has 6 N–H and O–H groups in total. The smallest absolute Gasteiger partial charge is 0.238 e. The van der Waals surface area contributed by atoms with Crippen LogP contribution in [0.3, 0.4) is 0 Å². The standard InChI is InChI=1S/C18H23F2N3O4S.H3N/c1-17(2,24)18(3,4)27-22-12-9-14(16(26-5)21-10-12)23-28(25)15-7-6-11(19)8-13(15)20;/h6-10,22-24H,1-5H3;1H3. The van der Waals surface area contributed by atoms with E-state index in [1.165, 1.54) is 19.4 Å². The first-order chi connectivity index (χ1) is 12.9. The number of nitrogens with zero attached hydrogens (tertiary/aromatic N) is 1. The molecule has 0 spiro atoms. The van der Waals surface area contributed by atoms with Crippen LogP contribution in [0.25, 0.3) is 0 Å². The third-order valence-electron chi connectivity index (χ3n) is 4.24. The number of anilines is 2. The van der Waals surface area contributed by atoms with Gasteiger partial charge in [0.1, 0.15) is 22.9 Å². The Morgan fingerprint density at radius 1 is 1.17 bits per heavy atom. The maximum Gasteiger partial charge on any atom is 0.238 e. The number of methoxy groups -OCH3 is 1. The Balaban J connectivity index is 0.00000420. The minimum atomic E-state index is -2.03. The first-order valence-electron chi connectivity index (χ1n) is 8.28. The number of hydrogen-bond donors (Lipinski definition) is 4. The monoisotopic (exact) mass is 432 g/mol. The summed E-state index contributed by atoms with van der Waals surface area (Å²) in [4.78, 5) is 9.39. The molecule has 0 bridgehead atoms. The van der Waals surface area contributed by atoms with Gasteiger partial charge in [0.25, 0.3) is 0 Å². The van der Waals surface area contributed by atoms with E-state index in [9.17, 15) is 18.1 Å². The molecule has 0 saturated heterocycles. The van der Waals surface area contributed by atoms with Crippen molar-refractivity contribution in [2.75, 3.05) is 17.3 Å². The third-order valence-corrected chi connectivity index (χ3v) is 5.37. The summed E-state index contributed by atoms with van der Waals surface area (Å²) in [6.45, 7) is 6.60. The predicted molar refractivity (Wildman–Crippen MR) is 107 cm³/mol. The summed E-state index contributed by atoms with van der Waals surface area (Å²) in [6, 6.07) is 4.24. The number of ether oxygens (including phenoxy) is 1. The van der Waals surface area contributed by atoms with E-state index in [0.29, 0.717) is 11.8 Å². The van der Waals surface area contributed by atoms with Gasteiger partial charge in [-0.2, -0.15) is 0 Å². The van der Waals surface area contributed by atoms with E-state index in [0.717, 1.165) is 12.1 Å². The molecule has 0 saturated carbocycles. The lowest BCUT2D eigenvalue weighted by Crippen LogP contribution is -2.48. The molecule has 2 rings (SSSR count). The minimum Gasteiger partial charge on any atom is -0.479 e.